The summed E-state index contributed by atoms with van der Waals surface area (Å²) in [6.45, 7) is 0. The molecule has 0 saturated heterocycles. The quantitative estimate of drug-likeness (QED) is 0.748. The van der Waals surface area contributed by atoms with Crippen LogP contribution in [0.2, 0.25) is 0 Å². The molecule has 3 N–H and O–H groups in total. The highest BCUT2D eigenvalue weighted by atomic mass is 32.1. The lowest BCUT2D eigenvalue weighted by Crippen LogP contribution is -1.87. The number of nitrogens with two attached hydrogens (primary N) is 1. The highest BCUT2D eigenvalue weighted by Gasteiger charge is 2.08. The second-order valence-electron chi connectivity index (χ2n) is 2.95. The predicted molar refractivity (Wildman–Crippen MR) is 57.2 cm³/mol. The molecule has 3 nitrogen and oxygen atoms in total. The van der Waals surface area contributed by atoms with Crippen LogP contribution in [0.25, 0.3) is 10.1 Å². The lowest BCUT2D eigenvalue weighted by Gasteiger charge is -1.93. The Balaban J connectivity index is 2.68. The first-order valence-electron chi connectivity index (χ1n) is 4.09. The smallest absolute Gasteiger partial charge is 0.117 e. The van der Waals surface area contributed by atoms with Gasteiger partial charge in [-0.3, -0.25) is 0 Å². The molecule has 0 aliphatic carbocycles. The molecule has 0 saturated carbocycles. The number of rotatable bonds is 1. The molecule has 0 aliphatic heterocycles. The van der Waals surface area contributed by atoms with Crippen LogP contribution in [0.5, 0.6) is 5.75 Å². The molecule has 70 valence electrons. The van der Waals surface area contributed by atoms with E-state index >= 15 is 0 Å². The third kappa shape index (κ3) is 1.28. The lowest BCUT2D eigenvalue weighted by atomic mass is 10.2. The molecule has 0 atom stereocenters. The van der Waals surface area contributed by atoms with Gasteiger partial charge >= 0.3 is 0 Å². The van der Waals surface area contributed by atoms with Gasteiger partial charge in [0.25, 0.3) is 0 Å². The van der Waals surface area contributed by atoms with E-state index in [1.165, 1.54) is 11.3 Å². The number of phenolic OH excluding ortho intramolecular Hbond substituents is 1. The highest BCUT2D eigenvalue weighted by Crippen LogP contribution is 2.35. The first kappa shape index (κ1) is 8.85. The summed E-state index contributed by atoms with van der Waals surface area (Å²) < 4.78 is 0.924. The number of aromatic hydroxyl groups is 1. The van der Waals surface area contributed by atoms with Crippen molar-refractivity contribution < 1.29 is 5.11 Å². The van der Waals surface area contributed by atoms with E-state index in [2.05, 4.69) is 6.07 Å². The van der Waals surface area contributed by atoms with Gasteiger partial charge in [0, 0.05) is 15.0 Å². The molecule has 0 amide bonds. The standard InChI is InChI=1S/C10H8N2OS/c11-4-3-8-10(12)7-2-1-6(13)5-9(7)14-8/h1-2,5,13H,3,12H2. The van der Waals surface area contributed by atoms with Crippen LogP contribution in [0.15, 0.2) is 18.2 Å². The van der Waals surface area contributed by atoms with Crippen molar-refractivity contribution in [2.24, 2.45) is 0 Å². The van der Waals surface area contributed by atoms with Crippen LogP contribution in [0.1, 0.15) is 4.88 Å². The van der Waals surface area contributed by atoms with Crippen molar-refractivity contribution in [3.63, 3.8) is 0 Å². The molecule has 0 bridgehead atoms. The second-order valence-corrected chi connectivity index (χ2v) is 4.09. The number of phenols is 1. The number of benzene rings is 1. The van der Waals surface area contributed by atoms with Crippen LogP contribution < -0.4 is 5.73 Å². The molecule has 0 radical (unpaired) electrons. The number of fused-ring (bicyclic) bond motifs is 1. The Morgan fingerprint density at radius 1 is 1.50 bits per heavy atom. The minimum Gasteiger partial charge on any atom is -0.508 e. The van der Waals surface area contributed by atoms with Crippen molar-refractivity contribution in [3.05, 3.63) is 23.1 Å². The first-order valence-corrected chi connectivity index (χ1v) is 4.91. The van der Waals surface area contributed by atoms with E-state index < -0.39 is 0 Å². The van der Waals surface area contributed by atoms with E-state index in [0.717, 1.165) is 15.0 Å². The molecule has 2 aromatic rings. The first-order chi connectivity index (χ1) is 6.72. The minimum atomic E-state index is 0.224. The van der Waals surface area contributed by atoms with Gasteiger partial charge in [0.15, 0.2) is 0 Å². The summed E-state index contributed by atoms with van der Waals surface area (Å²) in [6.07, 6.45) is 0.325. The third-order valence-electron chi connectivity index (χ3n) is 2.03. The van der Waals surface area contributed by atoms with E-state index in [4.69, 9.17) is 11.0 Å². The van der Waals surface area contributed by atoms with Gasteiger partial charge in [-0.2, -0.15) is 5.26 Å². The molecular formula is C10H8N2OS. The molecule has 1 aromatic carbocycles. The number of nitriles is 1. The fourth-order valence-corrected chi connectivity index (χ4v) is 2.45. The summed E-state index contributed by atoms with van der Waals surface area (Å²) in [4.78, 5) is 0.869. The van der Waals surface area contributed by atoms with Crippen molar-refractivity contribution in [2.45, 2.75) is 6.42 Å². The van der Waals surface area contributed by atoms with Crippen LogP contribution >= 0.6 is 11.3 Å². The van der Waals surface area contributed by atoms with Gasteiger partial charge in [-0.25, -0.2) is 0 Å². The summed E-state index contributed by atoms with van der Waals surface area (Å²) in [6, 6.07) is 7.11. The summed E-state index contributed by atoms with van der Waals surface area (Å²) in [5.41, 5.74) is 6.51. The van der Waals surface area contributed by atoms with Crippen molar-refractivity contribution in [2.75, 3.05) is 5.73 Å². The third-order valence-corrected chi connectivity index (χ3v) is 3.20. The normalized spacial score (nSPS) is 10.2. The maximum Gasteiger partial charge on any atom is 0.117 e. The Morgan fingerprint density at radius 2 is 2.29 bits per heavy atom. The molecule has 1 heterocycles. The van der Waals surface area contributed by atoms with Crippen LogP contribution in [-0.2, 0) is 6.42 Å². The zero-order chi connectivity index (χ0) is 10.1. The summed E-state index contributed by atoms with van der Waals surface area (Å²) >= 11 is 1.46. The van der Waals surface area contributed by atoms with Crippen LogP contribution in [0.3, 0.4) is 0 Å². The van der Waals surface area contributed by atoms with E-state index in [-0.39, 0.29) is 5.75 Å². The monoisotopic (exact) mass is 204 g/mol. The Kier molecular flexibility index (Phi) is 2.02. The molecule has 4 heteroatoms. The van der Waals surface area contributed by atoms with Gasteiger partial charge in [0.1, 0.15) is 5.75 Å². The van der Waals surface area contributed by atoms with Crippen molar-refractivity contribution in [3.8, 4) is 11.8 Å². The lowest BCUT2D eigenvalue weighted by molar-refractivity contribution is 0.476. The van der Waals surface area contributed by atoms with E-state index in [0.29, 0.717) is 12.1 Å². The SMILES string of the molecule is N#CCc1sc2cc(O)ccc2c1N. The molecule has 14 heavy (non-hydrogen) atoms. The summed E-state index contributed by atoms with van der Waals surface area (Å²) in [7, 11) is 0. The van der Waals surface area contributed by atoms with Gasteiger partial charge in [0.05, 0.1) is 18.2 Å². The average Bonchev–Trinajstić information content (AvgIpc) is 2.44. The van der Waals surface area contributed by atoms with Crippen LogP contribution in [0.4, 0.5) is 5.69 Å². The fraction of sp³-hybridized carbons (Fsp3) is 0.100. The summed E-state index contributed by atoms with van der Waals surface area (Å²) in [5, 5.41) is 18.8. The molecule has 0 aliphatic rings. The molecule has 0 fully saturated rings. The minimum absolute atomic E-state index is 0.224. The second kappa shape index (κ2) is 3.20. The number of hydrogen-bond acceptors (Lipinski definition) is 4. The number of hydrogen-bond donors (Lipinski definition) is 2. The predicted octanol–water partition coefficient (Wildman–Crippen LogP) is 2.26. The van der Waals surface area contributed by atoms with E-state index in [1.54, 1.807) is 18.2 Å². The molecule has 0 spiro atoms. The number of thiophene rings is 1. The van der Waals surface area contributed by atoms with Crippen molar-refractivity contribution >= 4 is 27.1 Å². The highest BCUT2D eigenvalue weighted by molar-refractivity contribution is 7.19. The van der Waals surface area contributed by atoms with Crippen molar-refractivity contribution in [1.82, 2.24) is 0 Å². The average molecular weight is 204 g/mol. The molecule has 0 unspecified atom stereocenters. The Labute approximate surface area is 85.0 Å². The number of anilines is 1. The van der Waals surface area contributed by atoms with Gasteiger partial charge in [0.2, 0.25) is 0 Å². The largest absolute Gasteiger partial charge is 0.508 e. The number of nitrogen functional groups attached to an aromatic ring is 1. The maximum atomic E-state index is 9.26. The number of nitrogens with zero attached hydrogens (tertiary/aromatic N) is 1. The van der Waals surface area contributed by atoms with Crippen LogP contribution in [-0.4, -0.2) is 5.11 Å². The Morgan fingerprint density at radius 3 is 3.00 bits per heavy atom. The van der Waals surface area contributed by atoms with E-state index in [9.17, 15) is 5.11 Å². The van der Waals surface area contributed by atoms with Crippen LogP contribution in [0, 0.1) is 11.3 Å². The van der Waals surface area contributed by atoms with Crippen molar-refractivity contribution in [1.29, 1.82) is 5.26 Å². The molecular weight excluding hydrogens is 196 g/mol. The topological polar surface area (TPSA) is 70.0 Å². The Bertz CT molecular complexity index is 525. The molecule has 1 aromatic heterocycles. The van der Waals surface area contributed by atoms with Gasteiger partial charge < -0.3 is 10.8 Å². The fourth-order valence-electron chi connectivity index (χ4n) is 1.36. The van der Waals surface area contributed by atoms with E-state index in [1.807, 2.05) is 0 Å². The maximum absolute atomic E-state index is 9.26. The van der Waals surface area contributed by atoms with Gasteiger partial charge in [-0.15, -0.1) is 11.3 Å². The Hall–Kier alpha value is -1.73. The molecule has 2 rings (SSSR count). The summed E-state index contributed by atoms with van der Waals surface area (Å²) in [5.74, 6) is 0.224. The zero-order valence-electron chi connectivity index (χ0n) is 7.32. The van der Waals surface area contributed by atoms with Gasteiger partial charge in [-0.05, 0) is 18.2 Å². The van der Waals surface area contributed by atoms with Gasteiger partial charge in [-0.1, -0.05) is 0 Å². The zero-order valence-corrected chi connectivity index (χ0v) is 8.14.